The van der Waals surface area contributed by atoms with Gasteiger partial charge in [0, 0.05) is 54.7 Å². The molecular formula is C23H27ClN4O2. The number of amides is 1. The quantitative estimate of drug-likeness (QED) is 0.591. The highest BCUT2D eigenvalue weighted by Gasteiger charge is 2.54. The van der Waals surface area contributed by atoms with Crippen molar-refractivity contribution in [2.75, 3.05) is 19.0 Å². The van der Waals surface area contributed by atoms with E-state index in [1.807, 2.05) is 31.6 Å². The van der Waals surface area contributed by atoms with E-state index in [0.29, 0.717) is 23.4 Å². The molecular weight excluding hydrogens is 400 g/mol. The lowest BCUT2D eigenvalue weighted by Gasteiger charge is -2.14. The van der Waals surface area contributed by atoms with Crippen LogP contribution >= 0.6 is 11.6 Å². The summed E-state index contributed by atoms with van der Waals surface area (Å²) in [6, 6.07) is 5.89. The van der Waals surface area contributed by atoms with Crippen molar-refractivity contribution in [2.24, 2.45) is 18.9 Å². The summed E-state index contributed by atoms with van der Waals surface area (Å²) in [4.78, 5) is 17.4. The molecule has 0 radical (unpaired) electrons. The summed E-state index contributed by atoms with van der Waals surface area (Å²) < 4.78 is 7.05. The van der Waals surface area contributed by atoms with Gasteiger partial charge >= 0.3 is 0 Å². The Balaban J connectivity index is 1.54. The molecule has 1 aliphatic carbocycles. The van der Waals surface area contributed by atoms with Crippen molar-refractivity contribution >= 4 is 34.1 Å². The minimum Gasteiger partial charge on any atom is -0.384 e. The van der Waals surface area contributed by atoms with Crippen molar-refractivity contribution in [3.63, 3.8) is 0 Å². The third-order valence-electron chi connectivity index (χ3n) is 6.09. The number of hydrogen-bond acceptors (Lipinski definition) is 4. The van der Waals surface area contributed by atoms with Gasteiger partial charge in [-0.3, -0.25) is 9.48 Å². The lowest BCUT2D eigenvalue weighted by atomic mass is 9.99. The molecule has 158 valence electrons. The lowest BCUT2D eigenvalue weighted by molar-refractivity contribution is -0.117. The predicted octanol–water partition coefficient (Wildman–Crippen LogP) is 4.75. The van der Waals surface area contributed by atoms with E-state index >= 15 is 0 Å². The van der Waals surface area contributed by atoms with E-state index in [-0.39, 0.29) is 23.7 Å². The van der Waals surface area contributed by atoms with Crippen LogP contribution in [0.25, 0.3) is 10.8 Å². The number of nitrogens with one attached hydrogen (secondary N) is 1. The predicted molar refractivity (Wildman–Crippen MR) is 119 cm³/mol. The number of aryl methyl sites for hydroxylation is 1. The molecule has 0 bridgehead atoms. The number of halogens is 1. The van der Waals surface area contributed by atoms with E-state index in [4.69, 9.17) is 16.3 Å². The normalized spacial score (nSPS) is 21.6. The van der Waals surface area contributed by atoms with Gasteiger partial charge in [-0.2, -0.15) is 5.10 Å². The Morgan fingerprint density at radius 2 is 2.10 bits per heavy atom. The van der Waals surface area contributed by atoms with Crippen LogP contribution in [0.3, 0.4) is 0 Å². The Morgan fingerprint density at radius 3 is 2.77 bits per heavy atom. The molecule has 0 aliphatic heterocycles. The number of hydrogen-bond donors (Lipinski definition) is 1. The second kappa shape index (κ2) is 8.36. The van der Waals surface area contributed by atoms with Gasteiger partial charge in [-0.1, -0.05) is 31.9 Å². The average molecular weight is 427 g/mol. The number of nitrogens with zero attached hydrogens (tertiary/aromatic N) is 3. The average Bonchev–Trinajstić information content (AvgIpc) is 3.31. The molecule has 2 heterocycles. The largest absolute Gasteiger partial charge is 0.384 e. The summed E-state index contributed by atoms with van der Waals surface area (Å²) in [6.07, 6.45) is 6.58. The van der Waals surface area contributed by atoms with Gasteiger partial charge in [0.1, 0.15) is 5.82 Å². The van der Waals surface area contributed by atoms with E-state index in [0.717, 1.165) is 28.3 Å². The molecule has 0 saturated heterocycles. The highest BCUT2D eigenvalue weighted by atomic mass is 35.5. The van der Waals surface area contributed by atoms with Crippen molar-refractivity contribution < 1.29 is 9.53 Å². The van der Waals surface area contributed by atoms with Gasteiger partial charge in [0.15, 0.2) is 0 Å². The molecule has 4 atom stereocenters. The summed E-state index contributed by atoms with van der Waals surface area (Å²) in [6.45, 7) is 4.80. The Morgan fingerprint density at radius 1 is 1.30 bits per heavy atom. The van der Waals surface area contributed by atoms with Gasteiger partial charge in [0.2, 0.25) is 5.91 Å². The zero-order valence-corrected chi connectivity index (χ0v) is 18.5. The van der Waals surface area contributed by atoms with E-state index < -0.39 is 0 Å². The molecule has 1 aliphatic rings. The Bertz CT molecular complexity index is 1080. The van der Waals surface area contributed by atoms with Crippen molar-refractivity contribution in [1.82, 2.24) is 14.8 Å². The molecule has 1 fully saturated rings. The SMILES string of the molecule is CC[C@@H]1C(c2cnn(C)c2)[C@@H]1C(=O)Nc1cc2cc([C@H](C)COC)c(Cl)cc2cn1. The van der Waals surface area contributed by atoms with Crippen LogP contribution < -0.4 is 5.32 Å². The Labute approximate surface area is 181 Å². The maximum Gasteiger partial charge on any atom is 0.229 e. The zero-order chi connectivity index (χ0) is 21.4. The third-order valence-corrected chi connectivity index (χ3v) is 6.42. The van der Waals surface area contributed by atoms with E-state index in [2.05, 4.69) is 35.3 Å². The van der Waals surface area contributed by atoms with Crippen LogP contribution in [0.5, 0.6) is 0 Å². The number of rotatable bonds is 7. The fourth-order valence-corrected chi connectivity index (χ4v) is 4.84. The molecule has 1 aromatic carbocycles. The molecule has 1 saturated carbocycles. The molecule has 30 heavy (non-hydrogen) atoms. The molecule has 6 nitrogen and oxygen atoms in total. The molecule has 2 aromatic heterocycles. The van der Waals surface area contributed by atoms with Crippen molar-refractivity contribution in [1.29, 1.82) is 0 Å². The molecule has 3 aromatic rings. The Kier molecular flexibility index (Phi) is 5.80. The Hall–Kier alpha value is -2.44. The number of methoxy groups -OCH3 is 1. The lowest BCUT2D eigenvalue weighted by Crippen LogP contribution is -2.16. The fourth-order valence-electron chi connectivity index (χ4n) is 4.48. The molecule has 4 rings (SSSR count). The highest BCUT2D eigenvalue weighted by molar-refractivity contribution is 6.32. The number of benzene rings is 1. The summed E-state index contributed by atoms with van der Waals surface area (Å²) in [5.41, 5.74) is 2.15. The number of anilines is 1. The van der Waals surface area contributed by atoms with E-state index in [9.17, 15) is 4.79 Å². The van der Waals surface area contributed by atoms with Crippen molar-refractivity contribution in [3.8, 4) is 0 Å². The van der Waals surface area contributed by atoms with Gasteiger partial charge in [0.05, 0.1) is 12.8 Å². The van der Waals surface area contributed by atoms with Crippen molar-refractivity contribution in [3.05, 3.63) is 52.9 Å². The maximum atomic E-state index is 13.0. The molecule has 7 heteroatoms. The van der Waals surface area contributed by atoms with Crippen LogP contribution in [0.15, 0.2) is 36.8 Å². The summed E-state index contributed by atoms with van der Waals surface area (Å²) in [5, 5.41) is 9.91. The third kappa shape index (κ3) is 3.94. The van der Waals surface area contributed by atoms with Crippen LogP contribution in [-0.4, -0.2) is 34.4 Å². The van der Waals surface area contributed by atoms with Gasteiger partial charge in [-0.25, -0.2) is 4.98 Å². The van der Waals surface area contributed by atoms with Gasteiger partial charge < -0.3 is 10.1 Å². The fraction of sp³-hybridized carbons (Fsp3) is 0.435. The van der Waals surface area contributed by atoms with Crippen LogP contribution in [0.1, 0.15) is 43.2 Å². The number of carbonyl (C=O) groups excluding carboxylic acids is 1. The first-order valence-electron chi connectivity index (χ1n) is 10.3. The minimum atomic E-state index is -0.0424. The maximum absolute atomic E-state index is 13.0. The smallest absolute Gasteiger partial charge is 0.229 e. The first kappa shape index (κ1) is 20.8. The molecule has 1 unspecified atom stereocenters. The highest BCUT2D eigenvalue weighted by Crippen LogP contribution is 2.56. The number of fused-ring (bicyclic) bond motifs is 1. The molecule has 0 spiro atoms. The first-order valence-corrected chi connectivity index (χ1v) is 10.7. The topological polar surface area (TPSA) is 69.0 Å². The monoisotopic (exact) mass is 426 g/mol. The first-order chi connectivity index (χ1) is 14.4. The second-order valence-corrected chi connectivity index (χ2v) is 8.61. The summed E-state index contributed by atoms with van der Waals surface area (Å²) in [7, 11) is 3.58. The summed E-state index contributed by atoms with van der Waals surface area (Å²) in [5.74, 6) is 1.28. The van der Waals surface area contributed by atoms with E-state index in [1.165, 1.54) is 0 Å². The second-order valence-electron chi connectivity index (χ2n) is 8.21. The number of ether oxygens (including phenoxy) is 1. The number of pyridine rings is 1. The van der Waals surface area contributed by atoms with E-state index in [1.54, 1.807) is 18.0 Å². The van der Waals surface area contributed by atoms with Crippen LogP contribution in [0.2, 0.25) is 5.02 Å². The molecule has 1 N–H and O–H groups in total. The zero-order valence-electron chi connectivity index (χ0n) is 17.7. The van der Waals surface area contributed by atoms with Crippen LogP contribution in [-0.2, 0) is 16.6 Å². The van der Waals surface area contributed by atoms with Gasteiger partial charge in [-0.05, 0) is 40.6 Å². The van der Waals surface area contributed by atoms with Gasteiger partial charge in [-0.15, -0.1) is 0 Å². The molecule has 1 amide bonds. The summed E-state index contributed by atoms with van der Waals surface area (Å²) >= 11 is 6.46. The number of carbonyl (C=O) groups is 1. The van der Waals surface area contributed by atoms with Crippen LogP contribution in [0.4, 0.5) is 5.82 Å². The standard InChI is InChI=1S/C23H27ClN4O2/c1-5-17-21(16-10-26-28(3)11-16)22(17)23(29)27-20-8-14-6-18(13(2)12-30-4)19(24)7-15(14)9-25-20/h6-11,13,17,21-22H,5,12H2,1-4H3,(H,25,27,29)/t13-,17-,21?,22-/m1/s1. The number of aromatic nitrogens is 3. The van der Waals surface area contributed by atoms with Crippen LogP contribution in [0, 0.1) is 11.8 Å². The minimum absolute atomic E-state index is 0.0180. The van der Waals surface area contributed by atoms with Gasteiger partial charge in [0.25, 0.3) is 0 Å². The van der Waals surface area contributed by atoms with Crippen molar-refractivity contribution in [2.45, 2.75) is 32.1 Å².